The predicted molar refractivity (Wildman–Crippen MR) is 94.8 cm³/mol. The summed E-state index contributed by atoms with van der Waals surface area (Å²) in [4.78, 5) is 16.0. The Morgan fingerprint density at radius 3 is 2.32 bits per heavy atom. The molecule has 0 unspecified atom stereocenters. The summed E-state index contributed by atoms with van der Waals surface area (Å²) in [5, 5.41) is 0. The van der Waals surface area contributed by atoms with Crippen molar-refractivity contribution in [2.24, 2.45) is 0 Å². The average molecular weight is 333 g/mol. The van der Waals surface area contributed by atoms with Gasteiger partial charge in [0.1, 0.15) is 18.2 Å². The molecular weight excluding hydrogens is 317 g/mol. The Balaban J connectivity index is 1.58. The Morgan fingerprint density at radius 2 is 1.64 bits per heavy atom. The second-order valence-corrected chi connectivity index (χ2v) is 5.42. The molecule has 1 heterocycles. The molecule has 2 aromatic carbocycles. The summed E-state index contributed by atoms with van der Waals surface area (Å²) in [6.45, 7) is 0.473. The van der Waals surface area contributed by atoms with Gasteiger partial charge in [-0.2, -0.15) is 0 Å². The lowest BCUT2D eigenvalue weighted by Gasteiger charge is -2.06. The monoisotopic (exact) mass is 333 g/mol. The van der Waals surface area contributed by atoms with E-state index in [2.05, 4.69) is 4.98 Å². The number of rotatable bonds is 6. The molecule has 0 spiro atoms. The standard InChI is InChI=1S/C21H16FNO2/c22-19-6-4-18(5-7-19)21(24)10-3-16-1-8-20(9-2-16)25-15-17-11-13-23-14-12-17/h1-14H,15H2/b10-3+. The average Bonchev–Trinajstić information content (AvgIpc) is 2.67. The number of carbonyl (C=O) groups is 1. The van der Waals surface area contributed by atoms with Gasteiger partial charge in [0.25, 0.3) is 0 Å². The van der Waals surface area contributed by atoms with Gasteiger partial charge in [0.2, 0.25) is 0 Å². The number of hydrogen-bond donors (Lipinski definition) is 0. The van der Waals surface area contributed by atoms with Gasteiger partial charge in [-0.05, 0) is 65.7 Å². The molecule has 4 heteroatoms. The van der Waals surface area contributed by atoms with Crippen molar-refractivity contribution in [3.63, 3.8) is 0 Å². The smallest absolute Gasteiger partial charge is 0.185 e. The van der Waals surface area contributed by atoms with Gasteiger partial charge in [-0.25, -0.2) is 4.39 Å². The van der Waals surface area contributed by atoms with Crippen molar-refractivity contribution < 1.29 is 13.9 Å². The second-order valence-electron chi connectivity index (χ2n) is 5.42. The largest absolute Gasteiger partial charge is 0.489 e. The van der Waals surface area contributed by atoms with Gasteiger partial charge in [-0.1, -0.05) is 18.2 Å². The van der Waals surface area contributed by atoms with E-state index in [-0.39, 0.29) is 11.6 Å². The van der Waals surface area contributed by atoms with E-state index in [1.54, 1.807) is 18.5 Å². The van der Waals surface area contributed by atoms with Gasteiger partial charge >= 0.3 is 0 Å². The van der Waals surface area contributed by atoms with Crippen LogP contribution in [0.4, 0.5) is 4.39 Å². The zero-order valence-electron chi connectivity index (χ0n) is 13.4. The van der Waals surface area contributed by atoms with Crippen molar-refractivity contribution >= 4 is 11.9 Å². The van der Waals surface area contributed by atoms with Crippen LogP contribution in [0.15, 0.2) is 79.1 Å². The molecule has 0 N–H and O–H groups in total. The fraction of sp³-hybridized carbons (Fsp3) is 0.0476. The van der Waals surface area contributed by atoms with Gasteiger partial charge < -0.3 is 4.74 Å². The first-order chi connectivity index (χ1) is 12.2. The molecule has 0 amide bonds. The van der Waals surface area contributed by atoms with Gasteiger partial charge in [0, 0.05) is 18.0 Å². The minimum atomic E-state index is -0.358. The van der Waals surface area contributed by atoms with Crippen LogP contribution in [0.3, 0.4) is 0 Å². The molecule has 0 bridgehead atoms. The Hall–Kier alpha value is -3.27. The number of pyridine rings is 1. The number of aromatic nitrogens is 1. The Labute approximate surface area is 145 Å². The molecule has 1 aromatic heterocycles. The molecule has 0 aliphatic rings. The molecule has 3 rings (SSSR count). The van der Waals surface area contributed by atoms with Crippen LogP contribution in [0.2, 0.25) is 0 Å². The van der Waals surface area contributed by atoms with E-state index in [0.717, 1.165) is 16.9 Å². The topological polar surface area (TPSA) is 39.2 Å². The molecule has 0 atom stereocenters. The van der Waals surface area contributed by atoms with Crippen LogP contribution in [0, 0.1) is 5.82 Å². The fourth-order valence-electron chi connectivity index (χ4n) is 2.20. The first-order valence-electron chi connectivity index (χ1n) is 7.80. The molecule has 3 nitrogen and oxygen atoms in total. The lowest BCUT2D eigenvalue weighted by atomic mass is 10.1. The van der Waals surface area contributed by atoms with Gasteiger partial charge in [0.05, 0.1) is 0 Å². The van der Waals surface area contributed by atoms with E-state index >= 15 is 0 Å². The number of ether oxygens (including phenoxy) is 1. The van der Waals surface area contributed by atoms with E-state index in [4.69, 9.17) is 4.74 Å². The summed E-state index contributed by atoms with van der Waals surface area (Å²) >= 11 is 0. The lowest BCUT2D eigenvalue weighted by Crippen LogP contribution is -1.95. The molecule has 25 heavy (non-hydrogen) atoms. The van der Waals surface area contributed by atoms with Crippen molar-refractivity contribution in [1.82, 2.24) is 4.98 Å². The van der Waals surface area contributed by atoms with Crippen molar-refractivity contribution in [2.75, 3.05) is 0 Å². The van der Waals surface area contributed by atoms with Crippen LogP contribution in [0.5, 0.6) is 5.75 Å². The lowest BCUT2D eigenvalue weighted by molar-refractivity contribution is 0.104. The minimum absolute atomic E-state index is 0.169. The molecule has 0 aliphatic heterocycles. The number of carbonyl (C=O) groups excluding carboxylic acids is 1. The molecule has 3 aromatic rings. The number of hydrogen-bond acceptors (Lipinski definition) is 3. The van der Waals surface area contributed by atoms with Crippen molar-refractivity contribution in [3.8, 4) is 5.75 Å². The third kappa shape index (κ3) is 4.85. The minimum Gasteiger partial charge on any atom is -0.489 e. The summed E-state index contributed by atoms with van der Waals surface area (Å²) in [6.07, 6.45) is 6.65. The van der Waals surface area contributed by atoms with E-state index in [0.29, 0.717) is 12.2 Å². The van der Waals surface area contributed by atoms with E-state index in [9.17, 15) is 9.18 Å². The number of ketones is 1. The molecule has 0 saturated heterocycles. The summed E-state index contributed by atoms with van der Waals surface area (Å²) in [7, 11) is 0. The molecule has 0 fully saturated rings. The molecule has 0 radical (unpaired) electrons. The van der Waals surface area contributed by atoms with E-state index < -0.39 is 0 Å². The second kappa shape index (κ2) is 8.02. The number of halogens is 1. The Bertz CT molecular complexity index is 857. The SMILES string of the molecule is O=C(/C=C/c1ccc(OCc2ccncc2)cc1)c1ccc(F)cc1. The third-order valence-corrected chi connectivity index (χ3v) is 3.59. The van der Waals surface area contributed by atoms with Crippen LogP contribution in [-0.2, 0) is 6.61 Å². The van der Waals surface area contributed by atoms with E-state index in [1.165, 1.54) is 30.3 Å². The number of allylic oxidation sites excluding steroid dienone is 1. The maximum atomic E-state index is 12.9. The fourth-order valence-corrected chi connectivity index (χ4v) is 2.20. The maximum absolute atomic E-state index is 12.9. The van der Waals surface area contributed by atoms with Crippen molar-refractivity contribution in [3.05, 3.63) is 102 Å². The van der Waals surface area contributed by atoms with Crippen LogP contribution in [0.25, 0.3) is 6.08 Å². The zero-order valence-corrected chi connectivity index (χ0v) is 13.4. The van der Waals surface area contributed by atoms with E-state index in [1.807, 2.05) is 36.4 Å². The van der Waals surface area contributed by atoms with Crippen molar-refractivity contribution in [1.29, 1.82) is 0 Å². The van der Waals surface area contributed by atoms with Gasteiger partial charge in [-0.15, -0.1) is 0 Å². The number of nitrogens with zero attached hydrogens (tertiary/aromatic N) is 1. The molecule has 124 valence electrons. The number of benzene rings is 2. The Kier molecular flexibility index (Phi) is 5.32. The molecule has 0 saturated carbocycles. The highest BCUT2D eigenvalue weighted by molar-refractivity contribution is 6.06. The molecule has 0 aliphatic carbocycles. The van der Waals surface area contributed by atoms with Crippen molar-refractivity contribution in [2.45, 2.75) is 6.61 Å². The summed E-state index contributed by atoms with van der Waals surface area (Å²) in [6, 6.07) is 16.7. The highest BCUT2D eigenvalue weighted by atomic mass is 19.1. The van der Waals surface area contributed by atoms with Crippen LogP contribution in [-0.4, -0.2) is 10.8 Å². The highest BCUT2D eigenvalue weighted by Crippen LogP contribution is 2.15. The first-order valence-corrected chi connectivity index (χ1v) is 7.80. The van der Waals surface area contributed by atoms with Gasteiger partial charge in [0.15, 0.2) is 5.78 Å². The van der Waals surface area contributed by atoms with Crippen LogP contribution in [0.1, 0.15) is 21.5 Å². The molecular formula is C21H16FNO2. The predicted octanol–water partition coefficient (Wildman–Crippen LogP) is 4.70. The zero-order chi connectivity index (χ0) is 17.5. The first kappa shape index (κ1) is 16.6. The summed E-state index contributed by atoms with van der Waals surface area (Å²) in [5.74, 6) is 0.222. The normalized spacial score (nSPS) is 10.8. The maximum Gasteiger partial charge on any atom is 0.185 e. The quantitative estimate of drug-likeness (QED) is 0.485. The summed E-state index contributed by atoms with van der Waals surface area (Å²) < 4.78 is 18.6. The van der Waals surface area contributed by atoms with Crippen LogP contribution >= 0.6 is 0 Å². The van der Waals surface area contributed by atoms with Gasteiger partial charge in [-0.3, -0.25) is 9.78 Å². The Morgan fingerprint density at radius 1 is 0.960 bits per heavy atom. The highest BCUT2D eigenvalue weighted by Gasteiger charge is 2.01. The van der Waals surface area contributed by atoms with Crippen LogP contribution < -0.4 is 4.74 Å². The summed E-state index contributed by atoms with van der Waals surface area (Å²) in [5.41, 5.74) is 2.38. The third-order valence-electron chi connectivity index (χ3n) is 3.59.